The minimum absolute atomic E-state index is 0.0619. The fourth-order valence-corrected chi connectivity index (χ4v) is 7.20. The number of H-pyrrole nitrogens is 1. The first-order chi connectivity index (χ1) is 25.7. The number of unbranched alkanes of at least 4 members (excludes halogenated alkanes) is 14. The SMILES string of the molecule is CCCCCCCCCCCCCCCCCc1[nH]n(-c2ccc(Oc3ccccc3)c(S(=O)(=O)O)c2)c(=O)c1N=Nc1ccc(N(CC)CC)cc1. The molecule has 0 spiro atoms. The second-order valence-corrected chi connectivity index (χ2v) is 15.1. The molecule has 0 saturated carbocycles. The molecule has 0 aliphatic heterocycles. The maximum absolute atomic E-state index is 13.9. The third-order valence-corrected chi connectivity index (χ3v) is 10.5. The summed E-state index contributed by atoms with van der Waals surface area (Å²) in [6.45, 7) is 8.26. The van der Waals surface area contributed by atoms with Crippen LogP contribution in [-0.2, 0) is 16.5 Å². The summed E-state index contributed by atoms with van der Waals surface area (Å²) < 4.78 is 42.0. The van der Waals surface area contributed by atoms with Gasteiger partial charge in [-0.15, -0.1) is 5.11 Å². The topological polar surface area (TPSA) is 129 Å². The van der Waals surface area contributed by atoms with Gasteiger partial charge in [0.1, 0.15) is 16.4 Å². The van der Waals surface area contributed by atoms with E-state index < -0.39 is 20.6 Å². The Kier molecular flexibility index (Phi) is 17.3. The molecule has 0 aliphatic carbocycles. The molecule has 1 heterocycles. The number of hydrogen-bond donors (Lipinski definition) is 2. The number of para-hydroxylation sites is 1. The van der Waals surface area contributed by atoms with Gasteiger partial charge in [0.25, 0.3) is 15.7 Å². The number of benzene rings is 3. The van der Waals surface area contributed by atoms with Gasteiger partial charge in [-0.2, -0.15) is 13.5 Å². The standard InChI is InChI=1S/C42H59N5O5S/c1-4-7-8-9-10-11-12-13-14-15-16-17-18-19-23-26-38-41(44-43-34-27-29-35(30-28-34)46(5-2)6-3)42(48)47(45-38)36-31-32-39(40(33-36)53(49,50)51)52-37-24-21-20-22-25-37/h20-22,24-25,27-33,45H,4-19,23,26H2,1-3H3,(H,49,50,51). The number of azo groups is 1. The quantitative estimate of drug-likeness (QED) is 0.0395. The van der Waals surface area contributed by atoms with Gasteiger partial charge >= 0.3 is 0 Å². The molecule has 3 aromatic carbocycles. The normalized spacial score (nSPS) is 11.8. The van der Waals surface area contributed by atoms with Crippen LogP contribution in [0.15, 0.2) is 92.7 Å². The Labute approximate surface area is 316 Å². The first-order valence-electron chi connectivity index (χ1n) is 19.7. The van der Waals surface area contributed by atoms with E-state index in [1.165, 1.54) is 93.9 Å². The molecule has 1 aromatic heterocycles. The maximum Gasteiger partial charge on any atom is 0.299 e. The number of aryl methyl sites for hydroxylation is 1. The molecule has 0 amide bonds. The van der Waals surface area contributed by atoms with Crippen LogP contribution in [0.2, 0.25) is 0 Å². The Hall–Kier alpha value is -4.22. The third-order valence-electron chi connectivity index (χ3n) is 9.65. The average Bonchev–Trinajstić information content (AvgIpc) is 3.47. The van der Waals surface area contributed by atoms with Gasteiger partial charge in [0.2, 0.25) is 0 Å². The van der Waals surface area contributed by atoms with E-state index in [0.717, 1.165) is 38.0 Å². The van der Waals surface area contributed by atoms with E-state index in [2.05, 4.69) is 41.0 Å². The predicted octanol–water partition coefficient (Wildman–Crippen LogP) is 11.9. The molecule has 53 heavy (non-hydrogen) atoms. The summed E-state index contributed by atoms with van der Waals surface area (Å²) >= 11 is 0. The molecule has 4 aromatic rings. The van der Waals surface area contributed by atoms with Crippen molar-refractivity contribution in [3.05, 3.63) is 88.8 Å². The summed E-state index contributed by atoms with van der Waals surface area (Å²) in [5.41, 5.74) is 2.23. The minimum atomic E-state index is -4.70. The van der Waals surface area contributed by atoms with Crippen molar-refractivity contribution < 1.29 is 17.7 Å². The zero-order valence-corrected chi connectivity index (χ0v) is 32.7. The van der Waals surface area contributed by atoms with E-state index in [9.17, 15) is 17.8 Å². The fourth-order valence-electron chi connectivity index (χ4n) is 6.57. The molecule has 0 aliphatic rings. The Morgan fingerprint density at radius 2 is 1.28 bits per heavy atom. The Balaban J connectivity index is 1.44. The lowest BCUT2D eigenvalue weighted by molar-refractivity contribution is 0.449. The molecule has 11 heteroatoms. The monoisotopic (exact) mass is 745 g/mol. The van der Waals surface area contributed by atoms with Crippen molar-refractivity contribution in [3.8, 4) is 17.2 Å². The maximum atomic E-state index is 13.9. The van der Waals surface area contributed by atoms with Crippen molar-refractivity contribution in [1.82, 2.24) is 9.78 Å². The number of hydrogen-bond acceptors (Lipinski definition) is 7. The Bertz CT molecular complexity index is 1850. The molecule has 2 N–H and O–H groups in total. The van der Waals surface area contributed by atoms with Crippen molar-refractivity contribution >= 4 is 27.2 Å². The number of rotatable bonds is 25. The van der Waals surface area contributed by atoms with Gasteiger partial charge in [-0.25, -0.2) is 4.68 Å². The number of ether oxygens (including phenoxy) is 1. The summed E-state index contributed by atoms with van der Waals surface area (Å²) in [4.78, 5) is 15.6. The van der Waals surface area contributed by atoms with Crippen LogP contribution in [0, 0.1) is 0 Å². The number of anilines is 1. The number of aromatic amines is 1. The van der Waals surface area contributed by atoms with E-state index in [-0.39, 0.29) is 17.1 Å². The molecule has 0 bridgehead atoms. The molecule has 4 rings (SSSR count). The van der Waals surface area contributed by atoms with Crippen molar-refractivity contribution in [2.24, 2.45) is 10.2 Å². The average molecular weight is 746 g/mol. The van der Waals surface area contributed by atoms with Gasteiger partial charge < -0.3 is 9.64 Å². The van der Waals surface area contributed by atoms with Crippen LogP contribution in [-0.4, -0.2) is 35.8 Å². The molecule has 10 nitrogen and oxygen atoms in total. The molecule has 0 radical (unpaired) electrons. The highest BCUT2D eigenvalue weighted by Gasteiger charge is 2.22. The van der Waals surface area contributed by atoms with Crippen molar-refractivity contribution in [1.29, 1.82) is 0 Å². The molecular weight excluding hydrogens is 687 g/mol. The smallest absolute Gasteiger partial charge is 0.299 e. The molecular formula is C42H59N5O5S. The summed E-state index contributed by atoms with van der Waals surface area (Å²) in [6.07, 6.45) is 19.5. The van der Waals surface area contributed by atoms with Gasteiger partial charge in [0.05, 0.1) is 17.1 Å². The molecule has 0 saturated heterocycles. The van der Waals surface area contributed by atoms with Gasteiger partial charge in [-0.3, -0.25) is 14.4 Å². The second-order valence-electron chi connectivity index (χ2n) is 13.7. The second kappa shape index (κ2) is 22.1. The van der Waals surface area contributed by atoms with Crippen LogP contribution in [0.25, 0.3) is 5.69 Å². The van der Waals surface area contributed by atoms with Gasteiger partial charge in [-0.05, 0) is 81.3 Å². The molecule has 0 unspecified atom stereocenters. The van der Waals surface area contributed by atoms with E-state index >= 15 is 0 Å². The summed E-state index contributed by atoms with van der Waals surface area (Å²) in [6, 6.07) is 20.6. The molecule has 0 atom stereocenters. The van der Waals surface area contributed by atoms with Crippen molar-refractivity contribution in [2.45, 2.75) is 128 Å². The van der Waals surface area contributed by atoms with Crippen molar-refractivity contribution in [2.75, 3.05) is 18.0 Å². The Morgan fingerprint density at radius 1 is 0.717 bits per heavy atom. The summed E-state index contributed by atoms with van der Waals surface area (Å²) in [5.74, 6) is 0.342. The summed E-state index contributed by atoms with van der Waals surface area (Å²) in [7, 11) is -4.70. The lowest BCUT2D eigenvalue weighted by atomic mass is 10.0. The lowest BCUT2D eigenvalue weighted by Crippen LogP contribution is -2.21. The van der Waals surface area contributed by atoms with Crippen molar-refractivity contribution in [3.63, 3.8) is 0 Å². The van der Waals surface area contributed by atoms with Gasteiger partial charge in [-0.1, -0.05) is 115 Å². The van der Waals surface area contributed by atoms with Crippen LogP contribution in [0.4, 0.5) is 17.1 Å². The molecule has 0 fully saturated rings. The number of aromatic nitrogens is 2. The minimum Gasteiger partial charge on any atom is -0.456 e. The largest absolute Gasteiger partial charge is 0.456 e. The van der Waals surface area contributed by atoms with E-state index in [1.54, 1.807) is 30.3 Å². The van der Waals surface area contributed by atoms with Crippen LogP contribution >= 0.6 is 0 Å². The van der Waals surface area contributed by atoms with Crippen LogP contribution in [0.5, 0.6) is 11.5 Å². The summed E-state index contributed by atoms with van der Waals surface area (Å²) in [5, 5.41) is 12.0. The zero-order valence-electron chi connectivity index (χ0n) is 31.9. The molecule has 288 valence electrons. The van der Waals surface area contributed by atoms with Crippen LogP contribution in [0.1, 0.15) is 123 Å². The number of nitrogens with one attached hydrogen (secondary N) is 1. The highest BCUT2D eigenvalue weighted by atomic mass is 32.2. The predicted molar refractivity (Wildman–Crippen MR) is 216 cm³/mol. The van der Waals surface area contributed by atoms with E-state index in [0.29, 0.717) is 23.6 Å². The van der Waals surface area contributed by atoms with Crippen LogP contribution < -0.4 is 15.2 Å². The van der Waals surface area contributed by atoms with E-state index in [4.69, 9.17) is 4.74 Å². The van der Waals surface area contributed by atoms with Crippen LogP contribution in [0.3, 0.4) is 0 Å². The fraction of sp³-hybridized carbons (Fsp3) is 0.500. The lowest BCUT2D eigenvalue weighted by Gasteiger charge is -2.20. The first kappa shape index (κ1) is 41.5. The van der Waals surface area contributed by atoms with Gasteiger partial charge in [0.15, 0.2) is 5.69 Å². The Morgan fingerprint density at radius 3 is 1.83 bits per heavy atom. The number of nitrogens with zero attached hydrogens (tertiary/aromatic N) is 4. The first-order valence-corrected chi connectivity index (χ1v) is 21.1. The zero-order chi connectivity index (χ0) is 37.9. The highest BCUT2D eigenvalue weighted by molar-refractivity contribution is 7.86. The highest BCUT2D eigenvalue weighted by Crippen LogP contribution is 2.31. The van der Waals surface area contributed by atoms with Gasteiger partial charge in [0, 0.05) is 18.8 Å². The van der Waals surface area contributed by atoms with E-state index in [1.807, 2.05) is 30.3 Å². The third kappa shape index (κ3) is 13.3.